The number of nitrogens with zero attached hydrogens (tertiary/aromatic N) is 3. The Labute approximate surface area is 119 Å². The molecule has 1 amide bonds. The first-order valence-corrected chi connectivity index (χ1v) is 5.92. The highest BCUT2D eigenvalue weighted by Crippen LogP contribution is 2.02. The Hall–Kier alpha value is -3.27. The number of carboxylic acid groups (broad SMARTS) is 1. The smallest absolute Gasteiger partial charge is 0.354 e. The number of amides is 1. The average Bonchev–Trinajstić information content (AvgIpc) is 2.53. The average molecular weight is 282 g/mol. The molecule has 7 nitrogen and oxygen atoms in total. The molecule has 0 aliphatic heterocycles. The Morgan fingerprint density at radius 1 is 1.14 bits per heavy atom. The van der Waals surface area contributed by atoms with E-state index in [2.05, 4.69) is 15.3 Å². The Balaban J connectivity index is 1.97. The molecule has 0 radical (unpaired) electrons. The summed E-state index contributed by atoms with van der Waals surface area (Å²) in [6, 6.07) is 7.82. The minimum absolute atomic E-state index is 0.0566. The summed E-state index contributed by atoms with van der Waals surface area (Å²) >= 11 is 0. The number of carbonyl (C=O) groups is 2. The van der Waals surface area contributed by atoms with Crippen LogP contribution in [0.2, 0.25) is 0 Å². The summed E-state index contributed by atoms with van der Waals surface area (Å²) in [5.74, 6) is -1.49. The molecule has 2 aromatic rings. The maximum atomic E-state index is 11.8. The quantitative estimate of drug-likeness (QED) is 0.863. The van der Waals surface area contributed by atoms with Gasteiger partial charge < -0.3 is 10.4 Å². The van der Waals surface area contributed by atoms with Crippen molar-refractivity contribution < 1.29 is 14.7 Å². The van der Waals surface area contributed by atoms with Crippen LogP contribution >= 0.6 is 0 Å². The molecule has 21 heavy (non-hydrogen) atoms. The molecule has 0 aliphatic rings. The van der Waals surface area contributed by atoms with Crippen LogP contribution in [0.15, 0.2) is 36.7 Å². The summed E-state index contributed by atoms with van der Waals surface area (Å²) in [6.45, 7) is 0.202. The molecule has 0 saturated carbocycles. The molecule has 2 heterocycles. The van der Waals surface area contributed by atoms with Crippen LogP contribution < -0.4 is 5.32 Å². The number of aromatic carboxylic acids is 1. The zero-order chi connectivity index (χ0) is 15.2. The number of aromatic nitrogens is 2. The van der Waals surface area contributed by atoms with E-state index in [0.717, 1.165) is 0 Å². The largest absolute Gasteiger partial charge is 0.477 e. The first-order valence-electron chi connectivity index (χ1n) is 5.92. The molecule has 0 unspecified atom stereocenters. The van der Waals surface area contributed by atoms with Gasteiger partial charge in [0.2, 0.25) is 0 Å². The van der Waals surface area contributed by atoms with Gasteiger partial charge in [-0.05, 0) is 23.8 Å². The lowest BCUT2D eigenvalue weighted by molar-refractivity contribution is 0.0690. The van der Waals surface area contributed by atoms with Crippen molar-refractivity contribution in [1.29, 1.82) is 5.26 Å². The summed E-state index contributed by atoms with van der Waals surface area (Å²) < 4.78 is 0. The van der Waals surface area contributed by atoms with Crippen molar-refractivity contribution in [1.82, 2.24) is 15.3 Å². The van der Waals surface area contributed by atoms with E-state index in [1.54, 1.807) is 6.07 Å². The van der Waals surface area contributed by atoms with E-state index in [1.165, 1.54) is 30.6 Å². The van der Waals surface area contributed by atoms with E-state index in [1.807, 2.05) is 6.07 Å². The molecule has 0 saturated heterocycles. The molecule has 2 N–H and O–H groups in total. The Bertz CT molecular complexity index is 702. The minimum atomic E-state index is -1.10. The fourth-order valence-electron chi connectivity index (χ4n) is 1.52. The normalized spacial score (nSPS) is 9.67. The van der Waals surface area contributed by atoms with E-state index in [4.69, 9.17) is 10.4 Å². The molecule has 0 fully saturated rings. The molecule has 0 aromatic carbocycles. The SMILES string of the molecule is N#Cc1ccc(C(=O)NCc2ccc(C(=O)O)nc2)nc1. The van der Waals surface area contributed by atoms with Crippen molar-refractivity contribution in [2.75, 3.05) is 0 Å². The second-order valence-corrected chi connectivity index (χ2v) is 4.08. The number of pyridine rings is 2. The number of rotatable bonds is 4. The first-order chi connectivity index (χ1) is 10.1. The lowest BCUT2D eigenvalue weighted by Gasteiger charge is -2.05. The topological polar surface area (TPSA) is 116 Å². The van der Waals surface area contributed by atoms with Gasteiger partial charge in [0.05, 0.1) is 5.56 Å². The first kappa shape index (κ1) is 14.1. The van der Waals surface area contributed by atoms with Crippen LogP contribution in [0.5, 0.6) is 0 Å². The summed E-state index contributed by atoms with van der Waals surface area (Å²) in [6.07, 6.45) is 2.70. The number of hydrogen-bond acceptors (Lipinski definition) is 5. The van der Waals surface area contributed by atoms with Crippen LogP contribution in [0.3, 0.4) is 0 Å². The second kappa shape index (κ2) is 6.25. The van der Waals surface area contributed by atoms with E-state index in [0.29, 0.717) is 11.1 Å². The lowest BCUT2D eigenvalue weighted by Crippen LogP contribution is -2.23. The van der Waals surface area contributed by atoms with Gasteiger partial charge in [0, 0.05) is 18.9 Å². The van der Waals surface area contributed by atoms with Crippen LogP contribution in [0.1, 0.15) is 32.1 Å². The number of carboxylic acids is 1. The maximum absolute atomic E-state index is 11.8. The summed E-state index contributed by atoms with van der Waals surface area (Å²) in [7, 11) is 0. The number of hydrogen-bond donors (Lipinski definition) is 2. The van der Waals surface area contributed by atoms with Gasteiger partial charge in [-0.25, -0.2) is 14.8 Å². The van der Waals surface area contributed by atoms with Crippen molar-refractivity contribution in [3.05, 3.63) is 59.2 Å². The van der Waals surface area contributed by atoms with Gasteiger partial charge >= 0.3 is 5.97 Å². The van der Waals surface area contributed by atoms with Gasteiger partial charge in [0.15, 0.2) is 0 Å². The molecule has 2 rings (SSSR count). The standard InChI is InChI=1S/C14H10N4O3/c15-5-9-1-3-11(16-6-9)13(19)18-8-10-2-4-12(14(20)21)17-7-10/h1-4,6-7H,8H2,(H,18,19)(H,20,21). The van der Waals surface area contributed by atoms with Crippen LogP contribution in [0, 0.1) is 11.3 Å². The van der Waals surface area contributed by atoms with Crippen LogP contribution in [0.4, 0.5) is 0 Å². The lowest BCUT2D eigenvalue weighted by atomic mass is 10.2. The molecular formula is C14H10N4O3. The van der Waals surface area contributed by atoms with Crippen molar-refractivity contribution in [3.8, 4) is 6.07 Å². The van der Waals surface area contributed by atoms with Gasteiger partial charge in [-0.15, -0.1) is 0 Å². The van der Waals surface area contributed by atoms with Gasteiger partial charge in [-0.1, -0.05) is 6.07 Å². The number of carbonyl (C=O) groups excluding carboxylic acids is 1. The fraction of sp³-hybridized carbons (Fsp3) is 0.0714. The summed E-state index contributed by atoms with van der Waals surface area (Å²) in [4.78, 5) is 30.1. The maximum Gasteiger partial charge on any atom is 0.354 e. The summed E-state index contributed by atoms with van der Waals surface area (Å²) in [5, 5.41) is 20.0. The predicted molar refractivity (Wildman–Crippen MR) is 71.3 cm³/mol. The molecule has 104 valence electrons. The third kappa shape index (κ3) is 3.61. The van der Waals surface area contributed by atoms with Crippen LogP contribution in [-0.2, 0) is 6.54 Å². The number of nitriles is 1. The highest BCUT2D eigenvalue weighted by molar-refractivity contribution is 5.92. The predicted octanol–water partition coefficient (Wildman–Crippen LogP) is 0.976. The summed E-state index contributed by atoms with van der Waals surface area (Å²) in [5.41, 5.74) is 1.19. The fourth-order valence-corrected chi connectivity index (χ4v) is 1.52. The highest BCUT2D eigenvalue weighted by Gasteiger charge is 2.08. The number of nitrogens with one attached hydrogen (secondary N) is 1. The zero-order valence-electron chi connectivity index (χ0n) is 10.8. The van der Waals surface area contributed by atoms with Gasteiger partial charge in [0.25, 0.3) is 5.91 Å². The van der Waals surface area contributed by atoms with Gasteiger partial charge in [0.1, 0.15) is 17.5 Å². The third-order valence-corrected chi connectivity index (χ3v) is 2.62. The monoisotopic (exact) mass is 282 g/mol. The van der Waals surface area contributed by atoms with Gasteiger partial charge in [-0.2, -0.15) is 5.26 Å². The van der Waals surface area contributed by atoms with E-state index >= 15 is 0 Å². The highest BCUT2D eigenvalue weighted by atomic mass is 16.4. The van der Waals surface area contributed by atoms with Crippen molar-refractivity contribution in [2.45, 2.75) is 6.54 Å². The van der Waals surface area contributed by atoms with Crippen molar-refractivity contribution >= 4 is 11.9 Å². The van der Waals surface area contributed by atoms with Crippen LogP contribution in [0.25, 0.3) is 0 Å². The molecule has 2 aromatic heterocycles. The minimum Gasteiger partial charge on any atom is -0.477 e. The molecule has 0 aliphatic carbocycles. The van der Waals surface area contributed by atoms with E-state index in [-0.39, 0.29) is 23.8 Å². The van der Waals surface area contributed by atoms with Crippen molar-refractivity contribution in [3.63, 3.8) is 0 Å². The van der Waals surface area contributed by atoms with E-state index < -0.39 is 5.97 Å². The molecule has 7 heteroatoms. The van der Waals surface area contributed by atoms with Crippen molar-refractivity contribution in [2.24, 2.45) is 0 Å². The molecule has 0 bridgehead atoms. The molecule has 0 atom stereocenters. The third-order valence-electron chi connectivity index (χ3n) is 2.62. The van der Waals surface area contributed by atoms with Crippen LogP contribution in [-0.4, -0.2) is 27.0 Å². The second-order valence-electron chi connectivity index (χ2n) is 4.08. The molecular weight excluding hydrogens is 272 g/mol. The Morgan fingerprint density at radius 3 is 2.38 bits per heavy atom. The molecule has 0 spiro atoms. The zero-order valence-corrected chi connectivity index (χ0v) is 10.8. The Morgan fingerprint density at radius 2 is 1.86 bits per heavy atom. The van der Waals surface area contributed by atoms with Gasteiger partial charge in [-0.3, -0.25) is 4.79 Å². The van der Waals surface area contributed by atoms with E-state index in [9.17, 15) is 9.59 Å². The Kier molecular flexibility index (Phi) is 4.21.